The molecule has 0 heterocycles. The molecule has 0 aliphatic heterocycles. The van der Waals surface area contributed by atoms with E-state index in [4.69, 9.17) is 10.8 Å². The molecule has 0 amide bonds. The molecule has 0 saturated carbocycles. The van der Waals surface area contributed by atoms with Gasteiger partial charge in [-0.15, -0.1) is 0 Å². The monoisotopic (exact) mass is 239 g/mol. The summed E-state index contributed by atoms with van der Waals surface area (Å²) >= 11 is 0. The number of alkyl halides is 3. The predicted octanol–water partition coefficient (Wildman–Crippen LogP) is 2.04. The van der Waals surface area contributed by atoms with Gasteiger partial charge in [0.05, 0.1) is 13.2 Å². The Bertz CT molecular complexity index is 319. The molecule has 0 saturated heterocycles. The third-order valence-corrected chi connectivity index (χ3v) is 1.91. The molecule has 16 heavy (non-hydrogen) atoms. The molecule has 3 N–H and O–H groups in total. The standard InChI is InChI=1S/C9H10F3NO.CH3F/c10-7-4-2-1-3-6(7)8(13)9(11,12)5-14;1-2/h1-4,8,14H,5,13H2;1H3. The highest BCUT2D eigenvalue weighted by atomic mass is 19.3. The molecule has 1 atom stereocenters. The second kappa shape index (κ2) is 6.44. The average Bonchev–Trinajstić information content (AvgIpc) is 2.31. The Balaban J connectivity index is 0.00000106. The van der Waals surface area contributed by atoms with E-state index in [9.17, 15) is 17.6 Å². The molecule has 0 bridgehead atoms. The molecule has 0 fully saturated rings. The van der Waals surface area contributed by atoms with Crippen molar-refractivity contribution < 1.29 is 22.7 Å². The van der Waals surface area contributed by atoms with Crippen LogP contribution in [0, 0.1) is 5.82 Å². The van der Waals surface area contributed by atoms with Crippen LogP contribution in [0.2, 0.25) is 0 Å². The van der Waals surface area contributed by atoms with Crippen molar-refractivity contribution in [1.82, 2.24) is 0 Å². The highest BCUT2D eigenvalue weighted by molar-refractivity contribution is 5.22. The Morgan fingerprint density at radius 3 is 2.25 bits per heavy atom. The predicted molar refractivity (Wildman–Crippen MR) is 52.4 cm³/mol. The molecule has 1 rings (SSSR count). The number of hydrogen-bond donors (Lipinski definition) is 2. The highest BCUT2D eigenvalue weighted by Crippen LogP contribution is 2.29. The van der Waals surface area contributed by atoms with Gasteiger partial charge in [-0.1, -0.05) is 18.2 Å². The normalized spacial score (nSPS) is 12.7. The fourth-order valence-electron chi connectivity index (χ4n) is 1.05. The number of halogens is 4. The van der Waals surface area contributed by atoms with Crippen molar-refractivity contribution in [3.8, 4) is 0 Å². The Morgan fingerprint density at radius 2 is 1.81 bits per heavy atom. The number of hydrogen-bond acceptors (Lipinski definition) is 2. The summed E-state index contributed by atoms with van der Waals surface area (Å²) < 4.78 is 48.3. The summed E-state index contributed by atoms with van der Waals surface area (Å²) in [6, 6.07) is 3.18. The minimum Gasteiger partial charge on any atom is -0.390 e. The summed E-state index contributed by atoms with van der Waals surface area (Å²) in [5.74, 6) is -4.31. The zero-order chi connectivity index (χ0) is 12.8. The topological polar surface area (TPSA) is 46.2 Å². The molecule has 1 aromatic carbocycles. The Hall–Kier alpha value is -1.14. The summed E-state index contributed by atoms with van der Waals surface area (Å²) in [7, 11) is 0.500. The second-order valence-corrected chi connectivity index (χ2v) is 2.92. The van der Waals surface area contributed by atoms with E-state index in [0.717, 1.165) is 6.07 Å². The molecule has 0 aliphatic carbocycles. The first-order valence-corrected chi connectivity index (χ1v) is 4.35. The number of rotatable bonds is 3. The minimum absolute atomic E-state index is 0.299. The van der Waals surface area contributed by atoms with E-state index in [1.807, 2.05) is 0 Å². The van der Waals surface area contributed by atoms with Crippen molar-refractivity contribution >= 4 is 0 Å². The molecule has 0 aromatic heterocycles. The van der Waals surface area contributed by atoms with Gasteiger partial charge in [-0.2, -0.15) is 0 Å². The molecule has 0 aliphatic rings. The fraction of sp³-hybridized carbons (Fsp3) is 0.400. The van der Waals surface area contributed by atoms with Gasteiger partial charge >= 0.3 is 0 Å². The van der Waals surface area contributed by atoms with E-state index in [-0.39, 0.29) is 5.56 Å². The van der Waals surface area contributed by atoms with Gasteiger partial charge < -0.3 is 10.8 Å². The van der Waals surface area contributed by atoms with E-state index < -0.39 is 24.4 Å². The van der Waals surface area contributed by atoms with Gasteiger partial charge in [0.1, 0.15) is 12.4 Å². The van der Waals surface area contributed by atoms with E-state index >= 15 is 0 Å². The van der Waals surface area contributed by atoms with Crippen LogP contribution in [0.3, 0.4) is 0 Å². The van der Waals surface area contributed by atoms with Crippen molar-refractivity contribution in [2.75, 3.05) is 13.8 Å². The second-order valence-electron chi connectivity index (χ2n) is 2.92. The maximum Gasteiger partial charge on any atom is 0.289 e. The first kappa shape index (κ1) is 14.9. The van der Waals surface area contributed by atoms with Crippen LogP contribution in [-0.2, 0) is 0 Å². The van der Waals surface area contributed by atoms with Gasteiger partial charge in [0.15, 0.2) is 0 Å². The van der Waals surface area contributed by atoms with Crippen LogP contribution < -0.4 is 5.73 Å². The van der Waals surface area contributed by atoms with Crippen LogP contribution in [-0.4, -0.2) is 24.8 Å². The molecular weight excluding hydrogens is 226 g/mol. The maximum absolute atomic E-state index is 13.0. The summed E-state index contributed by atoms with van der Waals surface area (Å²) in [4.78, 5) is 0. The van der Waals surface area contributed by atoms with Gasteiger partial charge in [-0.3, -0.25) is 4.39 Å². The van der Waals surface area contributed by atoms with Crippen LogP contribution in [0.5, 0.6) is 0 Å². The smallest absolute Gasteiger partial charge is 0.289 e. The molecule has 1 unspecified atom stereocenters. The number of benzene rings is 1. The van der Waals surface area contributed by atoms with E-state index in [1.54, 1.807) is 0 Å². The highest BCUT2D eigenvalue weighted by Gasteiger charge is 2.38. The molecule has 0 radical (unpaired) electrons. The molecule has 6 heteroatoms. The third-order valence-electron chi connectivity index (χ3n) is 1.91. The zero-order valence-electron chi connectivity index (χ0n) is 8.63. The van der Waals surface area contributed by atoms with Crippen LogP contribution in [0.25, 0.3) is 0 Å². The summed E-state index contributed by atoms with van der Waals surface area (Å²) in [6.07, 6.45) is 0. The van der Waals surface area contributed by atoms with Crippen LogP contribution in [0.15, 0.2) is 24.3 Å². The number of nitrogens with two attached hydrogens (primary N) is 1. The van der Waals surface area contributed by atoms with Crippen molar-refractivity contribution in [2.24, 2.45) is 5.73 Å². The maximum atomic E-state index is 13.0. The Kier molecular flexibility index (Phi) is 5.98. The van der Waals surface area contributed by atoms with Gasteiger partial charge in [-0.05, 0) is 6.07 Å². The van der Waals surface area contributed by atoms with Gasteiger partial charge in [0.25, 0.3) is 5.92 Å². The lowest BCUT2D eigenvalue weighted by Crippen LogP contribution is -2.36. The number of aliphatic hydroxyl groups excluding tert-OH is 1. The van der Waals surface area contributed by atoms with Crippen molar-refractivity contribution in [3.05, 3.63) is 35.6 Å². The van der Waals surface area contributed by atoms with Crippen LogP contribution >= 0.6 is 0 Å². The van der Waals surface area contributed by atoms with Crippen molar-refractivity contribution in [2.45, 2.75) is 12.0 Å². The van der Waals surface area contributed by atoms with Crippen LogP contribution in [0.1, 0.15) is 11.6 Å². The Morgan fingerprint density at radius 1 is 1.31 bits per heavy atom. The first-order chi connectivity index (χ1) is 7.49. The largest absolute Gasteiger partial charge is 0.390 e. The lowest BCUT2D eigenvalue weighted by molar-refractivity contribution is -0.0718. The van der Waals surface area contributed by atoms with Crippen LogP contribution in [0.4, 0.5) is 17.6 Å². The van der Waals surface area contributed by atoms with E-state index in [0.29, 0.717) is 7.18 Å². The van der Waals surface area contributed by atoms with E-state index in [2.05, 4.69) is 0 Å². The third kappa shape index (κ3) is 3.46. The summed E-state index contributed by atoms with van der Waals surface area (Å²) in [5, 5.41) is 8.36. The molecule has 0 spiro atoms. The average molecular weight is 239 g/mol. The summed E-state index contributed by atoms with van der Waals surface area (Å²) in [5.41, 5.74) is 4.83. The Labute approximate surface area is 90.7 Å². The van der Waals surface area contributed by atoms with Gasteiger partial charge in [0, 0.05) is 5.56 Å². The number of aliphatic hydroxyl groups is 1. The minimum atomic E-state index is -3.51. The molecule has 1 aromatic rings. The van der Waals surface area contributed by atoms with Gasteiger partial charge in [-0.25, -0.2) is 13.2 Å². The zero-order valence-corrected chi connectivity index (χ0v) is 8.63. The fourth-order valence-corrected chi connectivity index (χ4v) is 1.05. The van der Waals surface area contributed by atoms with Crippen molar-refractivity contribution in [3.63, 3.8) is 0 Å². The SMILES string of the molecule is CF.NC(c1ccccc1F)C(F)(F)CO. The van der Waals surface area contributed by atoms with E-state index in [1.165, 1.54) is 18.2 Å². The lowest BCUT2D eigenvalue weighted by Gasteiger charge is -2.21. The quantitative estimate of drug-likeness (QED) is 0.793. The summed E-state index contributed by atoms with van der Waals surface area (Å²) in [6.45, 7) is -1.40. The molecule has 2 nitrogen and oxygen atoms in total. The first-order valence-electron chi connectivity index (χ1n) is 4.35. The van der Waals surface area contributed by atoms with Gasteiger partial charge in [0.2, 0.25) is 0 Å². The molecule has 92 valence electrons. The molecular formula is C10H13F4NO. The van der Waals surface area contributed by atoms with Crippen molar-refractivity contribution in [1.29, 1.82) is 0 Å². The lowest BCUT2D eigenvalue weighted by atomic mass is 10.0.